The highest BCUT2D eigenvalue weighted by Gasteiger charge is 2.39. The first-order valence-electron chi connectivity index (χ1n) is 11.9. The molecule has 35 heavy (non-hydrogen) atoms. The summed E-state index contributed by atoms with van der Waals surface area (Å²) in [5.74, 6) is 1.08. The number of benzene rings is 2. The van der Waals surface area contributed by atoms with E-state index in [2.05, 4.69) is 20.9 Å². The van der Waals surface area contributed by atoms with Crippen LogP contribution in [0, 0.1) is 5.92 Å². The molecule has 2 aliphatic carbocycles. The molecule has 2 atom stereocenters. The Balaban J connectivity index is 1.06. The number of rotatable bonds is 9. The lowest BCUT2D eigenvalue weighted by Gasteiger charge is -2.10. The summed E-state index contributed by atoms with van der Waals surface area (Å²) < 4.78 is 5.32. The van der Waals surface area contributed by atoms with E-state index in [1.807, 2.05) is 12.1 Å². The summed E-state index contributed by atoms with van der Waals surface area (Å²) in [5, 5.41) is 9.06. The average molecular weight is 472 g/mol. The standard InChI is InChI=1S/C27H29N5O3/c28-22-3-1-2-4-24(22)32-26(33)19-8-10-20(11-9-19)31-27(34)35-16-18-7-12-23(29-15-18)21-13-25(21)30-14-17-5-6-17/h1-4,7-12,15,17,21,25,30H,5-6,13-14,16,28H2,(H,31,34)(H,32,33)/t21-,25+/m1/s1. The Morgan fingerprint density at radius 2 is 1.80 bits per heavy atom. The third-order valence-electron chi connectivity index (χ3n) is 6.36. The van der Waals surface area contributed by atoms with Crippen molar-refractivity contribution in [3.05, 3.63) is 83.7 Å². The number of nitrogen functional groups attached to an aromatic ring is 1. The van der Waals surface area contributed by atoms with E-state index in [0.717, 1.165) is 30.1 Å². The van der Waals surface area contributed by atoms with Gasteiger partial charge in [0.05, 0.1) is 11.4 Å². The van der Waals surface area contributed by atoms with Crippen LogP contribution < -0.4 is 21.7 Å². The zero-order valence-corrected chi connectivity index (χ0v) is 19.4. The molecule has 2 saturated carbocycles. The number of aromatic nitrogens is 1. The molecule has 0 saturated heterocycles. The van der Waals surface area contributed by atoms with E-state index >= 15 is 0 Å². The third-order valence-corrected chi connectivity index (χ3v) is 6.36. The second-order valence-corrected chi connectivity index (χ2v) is 9.21. The maximum atomic E-state index is 12.4. The van der Waals surface area contributed by atoms with Crippen LogP contribution in [0.4, 0.5) is 21.9 Å². The number of hydrogen-bond donors (Lipinski definition) is 4. The van der Waals surface area contributed by atoms with E-state index in [4.69, 9.17) is 10.5 Å². The van der Waals surface area contributed by atoms with Crippen LogP contribution in [-0.2, 0) is 11.3 Å². The Labute approximate surface area is 204 Å². The van der Waals surface area contributed by atoms with E-state index < -0.39 is 6.09 Å². The Morgan fingerprint density at radius 3 is 2.51 bits per heavy atom. The molecular formula is C27H29N5O3. The number of anilines is 3. The smallest absolute Gasteiger partial charge is 0.411 e. The van der Waals surface area contributed by atoms with Crippen LogP contribution in [0.2, 0.25) is 0 Å². The van der Waals surface area contributed by atoms with Gasteiger partial charge in [-0.15, -0.1) is 0 Å². The lowest BCUT2D eigenvalue weighted by Crippen LogP contribution is -2.20. The number of amides is 2. The van der Waals surface area contributed by atoms with Crippen LogP contribution >= 0.6 is 0 Å². The molecule has 2 fully saturated rings. The van der Waals surface area contributed by atoms with Crippen LogP contribution in [-0.4, -0.2) is 29.6 Å². The fraction of sp³-hybridized carbons (Fsp3) is 0.296. The van der Waals surface area contributed by atoms with Crippen LogP contribution in [0.15, 0.2) is 66.9 Å². The molecule has 0 unspecified atom stereocenters. The molecule has 2 amide bonds. The number of pyridine rings is 1. The van der Waals surface area contributed by atoms with Gasteiger partial charge in [0, 0.05) is 40.7 Å². The van der Waals surface area contributed by atoms with Crippen molar-refractivity contribution in [3.63, 3.8) is 0 Å². The Hall–Kier alpha value is -3.91. The van der Waals surface area contributed by atoms with Gasteiger partial charge in [0.15, 0.2) is 0 Å². The van der Waals surface area contributed by atoms with Gasteiger partial charge in [-0.25, -0.2) is 4.79 Å². The molecule has 8 heteroatoms. The van der Waals surface area contributed by atoms with Crippen molar-refractivity contribution in [2.24, 2.45) is 5.92 Å². The van der Waals surface area contributed by atoms with E-state index in [0.29, 0.717) is 34.6 Å². The highest BCUT2D eigenvalue weighted by atomic mass is 16.5. The van der Waals surface area contributed by atoms with Crippen molar-refractivity contribution in [1.82, 2.24) is 10.3 Å². The SMILES string of the molecule is Nc1ccccc1NC(=O)c1ccc(NC(=O)OCc2ccc([C@H]3C[C@@H]3NCC3CC3)nc2)cc1. The third kappa shape index (κ3) is 6.16. The van der Waals surface area contributed by atoms with Gasteiger partial charge in [0.2, 0.25) is 0 Å². The Kier molecular flexibility index (Phi) is 6.63. The zero-order valence-electron chi connectivity index (χ0n) is 19.4. The number of hydrogen-bond acceptors (Lipinski definition) is 6. The van der Waals surface area contributed by atoms with E-state index in [-0.39, 0.29) is 12.5 Å². The van der Waals surface area contributed by atoms with Crippen LogP contribution in [0.1, 0.15) is 46.8 Å². The Bertz CT molecular complexity index is 1190. The van der Waals surface area contributed by atoms with E-state index in [1.165, 1.54) is 12.8 Å². The summed E-state index contributed by atoms with van der Waals surface area (Å²) in [6, 6.07) is 18.1. The predicted molar refractivity (Wildman–Crippen MR) is 135 cm³/mol. The lowest BCUT2D eigenvalue weighted by atomic mass is 10.2. The van der Waals surface area contributed by atoms with Crippen molar-refractivity contribution in [2.75, 3.05) is 22.9 Å². The molecule has 8 nitrogen and oxygen atoms in total. The van der Waals surface area contributed by atoms with Gasteiger partial charge in [0.25, 0.3) is 5.91 Å². The molecule has 5 rings (SSSR count). The number of nitrogens with two attached hydrogens (primary N) is 1. The first-order valence-corrected chi connectivity index (χ1v) is 11.9. The van der Waals surface area contributed by atoms with Gasteiger partial charge < -0.3 is 21.1 Å². The number of nitrogens with one attached hydrogen (secondary N) is 3. The van der Waals surface area contributed by atoms with Gasteiger partial charge in [-0.05, 0) is 74.2 Å². The zero-order chi connectivity index (χ0) is 24.2. The fourth-order valence-electron chi connectivity index (χ4n) is 3.94. The van der Waals surface area contributed by atoms with Crippen molar-refractivity contribution < 1.29 is 14.3 Å². The van der Waals surface area contributed by atoms with Crippen molar-refractivity contribution >= 4 is 29.1 Å². The van der Waals surface area contributed by atoms with E-state index in [1.54, 1.807) is 54.7 Å². The molecule has 2 aromatic carbocycles. The molecule has 0 spiro atoms. The highest BCUT2D eigenvalue weighted by molar-refractivity contribution is 6.06. The predicted octanol–water partition coefficient (Wildman–Crippen LogP) is 4.52. The van der Waals surface area contributed by atoms with Crippen molar-refractivity contribution in [3.8, 4) is 0 Å². The molecular weight excluding hydrogens is 442 g/mol. The monoisotopic (exact) mass is 471 g/mol. The van der Waals surface area contributed by atoms with Crippen molar-refractivity contribution in [2.45, 2.75) is 37.8 Å². The molecule has 5 N–H and O–H groups in total. The maximum Gasteiger partial charge on any atom is 0.411 e. The molecule has 0 bridgehead atoms. The second-order valence-electron chi connectivity index (χ2n) is 9.21. The normalized spacial score (nSPS) is 18.5. The fourth-order valence-corrected chi connectivity index (χ4v) is 3.94. The van der Waals surface area contributed by atoms with Crippen LogP contribution in [0.5, 0.6) is 0 Å². The molecule has 0 radical (unpaired) electrons. The first-order chi connectivity index (χ1) is 17.0. The maximum absolute atomic E-state index is 12.4. The summed E-state index contributed by atoms with van der Waals surface area (Å²) >= 11 is 0. The summed E-state index contributed by atoms with van der Waals surface area (Å²) in [4.78, 5) is 29.2. The highest BCUT2D eigenvalue weighted by Crippen LogP contribution is 2.40. The summed E-state index contributed by atoms with van der Waals surface area (Å²) in [5.41, 5.74) is 9.79. The van der Waals surface area contributed by atoms with E-state index in [9.17, 15) is 9.59 Å². The number of para-hydroxylation sites is 2. The summed E-state index contributed by atoms with van der Waals surface area (Å²) in [7, 11) is 0. The van der Waals surface area contributed by atoms with Crippen LogP contribution in [0.25, 0.3) is 0 Å². The first kappa shape index (κ1) is 22.9. The summed E-state index contributed by atoms with van der Waals surface area (Å²) in [6.45, 7) is 1.26. The average Bonchev–Trinajstić information content (AvgIpc) is 3.79. The number of ether oxygens (including phenoxy) is 1. The topological polar surface area (TPSA) is 118 Å². The molecule has 0 aliphatic heterocycles. The van der Waals surface area contributed by atoms with Crippen molar-refractivity contribution in [1.29, 1.82) is 0 Å². The minimum absolute atomic E-state index is 0.131. The number of carbonyl (C=O) groups excluding carboxylic acids is 2. The van der Waals surface area contributed by atoms with Gasteiger partial charge in [-0.2, -0.15) is 0 Å². The van der Waals surface area contributed by atoms with Gasteiger partial charge >= 0.3 is 6.09 Å². The van der Waals surface area contributed by atoms with Crippen LogP contribution in [0.3, 0.4) is 0 Å². The largest absolute Gasteiger partial charge is 0.444 e. The van der Waals surface area contributed by atoms with Gasteiger partial charge in [0.1, 0.15) is 6.61 Å². The summed E-state index contributed by atoms with van der Waals surface area (Å²) in [6.07, 6.45) is 5.05. The Morgan fingerprint density at radius 1 is 1.00 bits per heavy atom. The molecule has 3 aromatic rings. The number of nitrogens with zero attached hydrogens (tertiary/aromatic N) is 1. The quantitative estimate of drug-likeness (QED) is 0.341. The number of carbonyl (C=O) groups is 2. The molecule has 1 aromatic heterocycles. The minimum Gasteiger partial charge on any atom is -0.444 e. The lowest BCUT2D eigenvalue weighted by molar-refractivity contribution is 0.102. The van der Waals surface area contributed by atoms with Gasteiger partial charge in [-0.3, -0.25) is 15.1 Å². The second kappa shape index (κ2) is 10.1. The molecule has 1 heterocycles. The molecule has 180 valence electrons. The van der Waals surface area contributed by atoms with Gasteiger partial charge in [-0.1, -0.05) is 18.2 Å². The molecule has 2 aliphatic rings. The minimum atomic E-state index is -0.574.